The van der Waals surface area contributed by atoms with Crippen LogP contribution in [0.25, 0.3) is 45.0 Å². The van der Waals surface area contributed by atoms with Gasteiger partial charge in [0.05, 0.1) is 32.8 Å². The Bertz CT molecular complexity index is 5590. The standard InChI is InChI=1S/C30H38ClN3O.C30H38FN3.C28H28ClN3O.C28H37N3S/c1-2-34(19-17-23-8-4-3-5-9-23)22-25-11-6-12-26(20-25)28-16-18-32-30(33-28)13-7-10-24-14-15-29(35)27(31)21-24;1-2-34(20-18-24-9-4-3-5-10-24)23-26-13-6-14-27(21-26)29-17-19-32-30(33-29)16-8-12-25-11-7-15-28(31)22-25;29-25-20-22(14-15-27(25)33)9-6-13-28-31-18-16-26(32-28)23-10-5-8-21(19-23)7-1-2-11-24-12-3-4-17-30-24;1-2-31(19-17-23-9-4-3-5-10-23)22-24-11-6-12-25(21-24)27-16-18-29-28(30-27)15-7-13-26-14-8-20-32-26/h6,11-12,14-16,18,20-21,23,35H,2-5,7-10,13,17,19,22H2,1H3;6-7,11,13-15,17,19,21-22,24H,2-5,8-10,12,16,18,20,23H2,1H3;3-5,8,10,12,14-20,33H,1-2,6-7,9,11,13H2;6,8,11-12,14,16,18,20-21,23H,2-5,7,9-10,13,15,17,19,22H2,1H3. The zero-order chi connectivity index (χ0) is 92.9. The minimum absolute atomic E-state index is 0.117. The van der Waals surface area contributed by atoms with Crippen LogP contribution in [0.5, 0.6) is 11.5 Å². The first-order valence-corrected chi connectivity index (χ1v) is 51.8. The van der Waals surface area contributed by atoms with E-state index in [2.05, 4.69) is 181 Å². The molecule has 18 heteroatoms. The molecule has 16 rings (SSSR count). The van der Waals surface area contributed by atoms with Gasteiger partial charge < -0.3 is 10.2 Å². The predicted molar refractivity (Wildman–Crippen MR) is 552 cm³/mol. The van der Waals surface area contributed by atoms with Crippen LogP contribution in [-0.4, -0.2) is 109 Å². The summed E-state index contributed by atoms with van der Waals surface area (Å²) in [4.78, 5) is 50.9. The molecule has 14 nitrogen and oxygen atoms in total. The van der Waals surface area contributed by atoms with Gasteiger partial charge in [0.15, 0.2) is 0 Å². The molecule has 0 amide bonds. The Labute approximate surface area is 812 Å². The third-order valence-corrected chi connectivity index (χ3v) is 28.3. The van der Waals surface area contributed by atoms with Gasteiger partial charge in [0.1, 0.15) is 40.6 Å². The highest BCUT2D eigenvalue weighted by Gasteiger charge is 2.21. The molecule has 134 heavy (non-hydrogen) atoms. The van der Waals surface area contributed by atoms with Crippen LogP contribution in [0.1, 0.15) is 248 Å². The molecule has 13 aromatic rings. The fourth-order valence-electron chi connectivity index (χ4n) is 19.0. The molecule has 704 valence electrons. The van der Waals surface area contributed by atoms with E-state index in [0.717, 1.165) is 245 Å². The zero-order valence-corrected chi connectivity index (χ0v) is 81.9. The van der Waals surface area contributed by atoms with E-state index in [1.807, 2.05) is 109 Å². The fourth-order valence-corrected chi connectivity index (χ4v) is 20.1. The molecular formula is C116H141Cl2FN12O2S. The highest BCUT2D eigenvalue weighted by molar-refractivity contribution is 7.09. The zero-order valence-electron chi connectivity index (χ0n) is 79.6. The van der Waals surface area contributed by atoms with E-state index in [4.69, 9.17) is 43.1 Å². The summed E-state index contributed by atoms with van der Waals surface area (Å²) >= 11 is 13.9. The number of unbranched alkanes of at least 4 members (excludes halogenated alkanes) is 1. The molecule has 2 N–H and O–H groups in total. The highest BCUT2D eigenvalue weighted by Crippen LogP contribution is 2.34. The van der Waals surface area contributed by atoms with Gasteiger partial charge in [0.25, 0.3) is 0 Å². The molecule has 3 fully saturated rings. The molecular weight excluding hydrogens is 1720 g/mol. The molecule has 0 bridgehead atoms. The van der Waals surface area contributed by atoms with E-state index < -0.39 is 0 Å². The third-order valence-electron chi connectivity index (χ3n) is 26.8. The van der Waals surface area contributed by atoms with Gasteiger partial charge in [-0.3, -0.25) is 19.7 Å². The lowest BCUT2D eigenvalue weighted by Crippen LogP contribution is -2.26. The summed E-state index contributed by atoms with van der Waals surface area (Å²) in [6.45, 7) is 16.7. The number of benzene rings is 7. The summed E-state index contributed by atoms with van der Waals surface area (Å²) in [5.74, 6) is 6.37. The molecule has 0 radical (unpaired) electrons. The van der Waals surface area contributed by atoms with Gasteiger partial charge in [-0.05, 0) is 301 Å². The lowest BCUT2D eigenvalue weighted by Gasteiger charge is -2.26. The Morgan fingerprint density at radius 1 is 0.321 bits per heavy atom. The van der Waals surface area contributed by atoms with Crippen molar-refractivity contribution < 1.29 is 14.6 Å². The van der Waals surface area contributed by atoms with Crippen LogP contribution in [0.15, 0.2) is 249 Å². The normalized spacial score (nSPS) is 13.7. The maximum atomic E-state index is 13.4. The van der Waals surface area contributed by atoms with Gasteiger partial charge in [0, 0.05) is 109 Å². The van der Waals surface area contributed by atoms with E-state index >= 15 is 0 Å². The molecule has 7 aromatic carbocycles. The Morgan fingerprint density at radius 3 is 1.03 bits per heavy atom. The van der Waals surface area contributed by atoms with Crippen molar-refractivity contribution in [3.63, 3.8) is 0 Å². The number of aromatic nitrogens is 9. The number of hydrogen-bond acceptors (Lipinski definition) is 15. The Hall–Kier alpha value is -10.3. The minimum Gasteiger partial charge on any atom is -0.506 e. The van der Waals surface area contributed by atoms with Crippen LogP contribution in [0.4, 0.5) is 4.39 Å². The molecule has 6 heterocycles. The summed E-state index contributed by atoms with van der Waals surface area (Å²) in [5.41, 5.74) is 18.4. The average molecular weight is 1860 g/mol. The van der Waals surface area contributed by atoms with Gasteiger partial charge in [-0.2, -0.15) is 0 Å². The van der Waals surface area contributed by atoms with Crippen molar-refractivity contribution in [1.82, 2.24) is 59.6 Å². The topological polar surface area (TPSA) is 166 Å². The highest BCUT2D eigenvalue weighted by atomic mass is 35.5. The molecule has 0 saturated heterocycles. The van der Waals surface area contributed by atoms with Crippen molar-refractivity contribution in [2.45, 2.75) is 259 Å². The summed E-state index contributed by atoms with van der Waals surface area (Å²) in [6, 6.07) is 71.2. The lowest BCUT2D eigenvalue weighted by atomic mass is 9.87. The number of aryl methyl sites for hydroxylation is 10. The van der Waals surface area contributed by atoms with Crippen LogP contribution in [0.2, 0.25) is 10.0 Å². The van der Waals surface area contributed by atoms with E-state index in [9.17, 15) is 14.6 Å². The monoisotopic (exact) mass is 1860 g/mol. The number of thiophene rings is 1. The van der Waals surface area contributed by atoms with Gasteiger partial charge in [-0.15, -0.1) is 11.3 Å². The van der Waals surface area contributed by atoms with Gasteiger partial charge in [0.2, 0.25) is 0 Å². The average Bonchev–Trinajstić information content (AvgIpc) is 0.886. The number of halogens is 3. The van der Waals surface area contributed by atoms with Crippen molar-refractivity contribution in [2.75, 3.05) is 39.3 Å². The minimum atomic E-state index is -0.175. The summed E-state index contributed by atoms with van der Waals surface area (Å²) in [7, 11) is 0. The van der Waals surface area contributed by atoms with Crippen LogP contribution in [0, 0.1) is 23.6 Å². The van der Waals surface area contributed by atoms with Crippen LogP contribution in [-0.2, 0) is 83.8 Å². The number of rotatable bonds is 43. The first kappa shape index (κ1) is 101. The summed E-state index contributed by atoms with van der Waals surface area (Å²) in [5, 5.41) is 22.1. The predicted octanol–water partition coefficient (Wildman–Crippen LogP) is 28.5. The second kappa shape index (κ2) is 56.3. The van der Waals surface area contributed by atoms with E-state index in [0.29, 0.717) is 10.0 Å². The molecule has 0 atom stereocenters. The maximum absolute atomic E-state index is 13.4. The fraction of sp³-hybridized carbons (Fsp3) is 0.422. The molecule has 0 aliphatic heterocycles. The molecule has 3 aliphatic rings. The number of phenolic OH excluding ortho intramolecular Hbond substituents is 2. The first-order valence-electron chi connectivity index (χ1n) is 50.2. The van der Waals surface area contributed by atoms with Gasteiger partial charge in [-0.1, -0.05) is 249 Å². The van der Waals surface area contributed by atoms with Crippen molar-refractivity contribution in [1.29, 1.82) is 0 Å². The molecule has 3 aliphatic carbocycles. The second-order valence-electron chi connectivity index (χ2n) is 36.9. The Morgan fingerprint density at radius 2 is 0.672 bits per heavy atom. The largest absolute Gasteiger partial charge is 0.506 e. The number of nitrogens with zero attached hydrogens (tertiary/aromatic N) is 12. The van der Waals surface area contributed by atoms with Crippen LogP contribution in [0.3, 0.4) is 0 Å². The van der Waals surface area contributed by atoms with Crippen LogP contribution >= 0.6 is 34.5 Å². The number of pyridine rings is 1. The SMILES string of the molecule is CCN(CCC1CCCCC1)Cc1cccc(-c2ccnc(CCCc3ccc(O)c(Cl)c3)n2)c1.CCN(CCC1CCCCC1)Cc1cccc(-c2ccnc(CCCc3cccc(F)c3)n2)c1.CCN(CCC1CCCCC1)Cc1cccc(-c2ccnc(CCCc3cccs3)n2)c1.Oc1ccc(CCCc2nccc(-c3cccc(CCCCc4ccccn4)c3)n2)cc1Cl. The van der Waals surface area contributed by atoms with E-state index in [1.54, 1.807) is 24.3 Å². The van der Waals surface area contributed by atoms with Crippen molar-refractivity contribution in [2.24, 2.45) is 17.8 Å². The lowest BCUT2D eigenvalue weighted by molar-refractivity contribution is 0.234. The smallest absolute Gasteiger partial charge is 0.134 e. The van der Waals surface area contributed by atoms with Gasteiger partial charge in [-0.25, -0.2) is 44.3 Å². The van der Waals surface area contributed by atoms with Crippen molar-refractivity contribution >= 4 is 34.5 Å². The van der Waals surface area contributed by atoms with Gasteiger partial charge >= 0.3 is 0 Å². The molecule has 0 spiro atoms. The molecule has 3 saturated carbocycles. The third kappa shape index (κ3) is 35.1. The quantitative estimate of drug-likeness (QED) is 0.0347. The second-order valence-corrected chi connectivity index (χ2v) is 38.8. The van der Waals surface area contributed by atoms with E-state index in [-0.39, 0.29) is 17.3 Å². The first-order chi connectivity index (χ1) is 65.8. The maximum Gasteiger partial charge on any atom is 0.134 e. The van der Waals surface area contributed by atoms with E-state index in [1.165, 1.54) is 174 Å². The van der Waals surface area contributed by atoms with Crippen LogP contribution < -0.4 is 0 Å². The summed E-state index contributed by atoms with van der Waals surface area (Å²) < 4.78 is 13.4. The number of hydrogen-bond donors (Lipinski definition) is 2. The summed E-state index contributed by atoms with van der Waals surface area (Å²) in [6.07, 6.45) is 49.9. The van der Waals surface area contributed by atoms with Crippen molar-refractivity contribution in [3.8, 4) is 56.5 Å². The molecule has 0 unspecified atom stereocenters. The Balaban J connectivity index is 0.000000152. The molecule has 6 aromatic heterocycles. The van der Waals surface area contributed by atoms with Crippen molar-refractivity contribution in [3.05, 3.63) is 337 Å². The number of phenols is 2. The number of aromatic hydroxyl groups is 2. The Kier molecular flexibility index (Phi) is 42.5.